The van der Waals surface area contributed by atoms with Crippen LogP contribution in [0.5, 0.6) is 11.5 Å². The van der Waals surface area contributed by atoms with Crippen molar-refractivity contribution >= 4 is 11.6 Å². The lowest BCUT2D eigenvalue weighted by Gasteiger charge is -2.15. The Hall–Kier alpha value is -1.79. The van der Waals surface area contributed by atoms with Crippen molar-refractivity contribution in [3.05, 3.63) is 28.5 Å². The monoisotopic (exact) mass is 310 g/mol. The van der Waals surface area contributed by atoms with E-state index in [2.05, 4.69) is 24.2 Å². The van der Waals surface area contributed by atoms with Crippen LogP contribution in [-0.2, 0) is 6.54 Å². The van der Waals surface area contributed by atoms with Gasteiger partial charge in [-0.1, -0.05) is 30.7 Å². The SMILES string of the molecule is COc1cc(-n2nnc(CN)c2C(C)C)c(OC)cc1Cl. The number of hydrogen-bond acceptors (Lipinski definition) is 5. The van der Waals surface area contributed by atoms with E-state index < -0.39 is 0 Å². The molecule has 0 aliphatic rings. The first kappa shape index (κ1) is 15.6. The predicted molar refractivity (Wildman–Crippen MR) is 81.5 cm³/mol. The summed E-state index contributed by atoms with van der Waals surface area (Å²) in [5.74, 6) is 1.35. The van der Waals surface area contributed by atoms with E-state index in [-0.39, 0.29) is 5.92 Å². The van der Waals surface area contributed by atoms with Gasteiger partial charge in [-0.3, -0.25) is 0 Å². The maximum atomic E-state index is 6.13. The largest absolute Gasteiger partial charge is 0.495 e. The molecular formula is C14H19ClN4O2. The Morgan fingerprint density at radius 2 is 1.90 bits per heavy atom. The van der Waals surface area contributed by atoms with Gasteiger partial charge in [-0.25, -0.2) is 4.68 Å². The van der Waals surface area contributed by atoms with Crippen molar-refractivity contribution in [2.45, 2.75) is 26.3 Å². The smallest absolute Gasteiger partial charge is 0.146 e. The fraction of sp³-hybridized carbons (Fsp3) is 0.429. The highest BCUT2D eigenvalue weighted by atomic mass is 35.5. The fourth-order valence-electron chi connectivity index (χ4n) is 2.23. The zero-order chi connectivity index (χ0) is 15.6. The topological polar surface area (TPSA) is 75.2 Å². The highest BCUT2D eigenvalue weighted by molar-refractivity contribution is 6.32. The number of benzene rings is 1. The van der Waals surface area contributed by atoms with Gasteiger partial charge in [-0.05, 0) is 5.92 Å². The molecule has 2 aromatic rings. The van der Waals surface area contributed by atoms with E-state index in [1.807, 2.05) is 0 Å². The number of aromatic nitrogens is 3. The Kier molecular flexibility index (Phi) is 4.69. The van der Waals surface area contributed by atoms with Gasteiger partial charge < -0.3 is 15.2 Å². The molecule has 1 aromatic heterocycles. The molecule has 0 atom stereocenters. The van der Waals surface area contributed by atoms with Crippen LogP contribution in [0, 0.1) is 0 Å². The molecule has 21 heavy (non-hydrogen) atoms. The zero-order valence-electron chi connectivity index (χ0n) is 12.6. The van der Waals surface area contributed by atoms with Gasteiger partial charge in [-0.15, -0.1) is 5.10 Å². The Balaban J connectivity index is 2.69. The van der Waals surface area contributed by atoms with Crippen molar-refractivity contribution < 1.29 is 9.47 Å². The van der Waals surface area contributed by atoms with Crippen LogP contribution in [0.3, 0.4) is 0 Å². The van der Waals surface area contributed by atoms with Gasteiger partial charge in [-0.2, -0.15) is 0 Å². The normalized spacial score (nSPS) is 11.0. The minimum Gasteiger partial charge on any atom is -0.495 e. The molecule has 0 aliphatic heterocycles. The average Bonchev–Trinajstić information content (AvgIpc) is 2.90. The van der Waals surface area contributed by atoms with Crippen molar-refractivity contribution in [3.63, 3.8) is 0 Å². The first-order chi connectivity index (χ1) is 10.0. The van der Waals surface area contributed by atoms with Crippen molar-refractivity contribution in [2.75, 3.05) is 14.2 Å². The van der Waals surface area contributed by atoms with E-state index in [0.717, 1.165) is 17.1 Å². The number of ether oxygens (including phenoxy) is 2. The van der Waals surface area contributed by atoms with Gasteiger partial charge in [0.15, 0.2) is 0 Å². The van der Waals surface area contributed by atoms with Crippen LogP contribution in [0.4, 0.5) is 0 Å². The molecule has 2 N–H and O–H groups in total. The van der Waals surface area contributed by atoms with E-state index in [1.54, 1.807) is 31.0 Å². The molecule has 6 nitrogen and oxygen atoms in total. The summed E-state index contributed by atoms with van der Waals surface area (Å²) in [4.78, 5) is 0. The summed E-state index contributed by atoms with van der Waals surface area (Å²) >= 11 is 6.13. The molecule has 0 spiro atoms. The van der Waals surface area contributed by atoms with Gasteiger partial charge in [0.1, 0.15) is 22.9 Å². The minimum absolute atomic E-state index is 0.213. The van der Waals surface area contributed by atoms with Crippen molar-refractivity contribution in [3.8, 4) is 17.2 Å². The number of nitrogens with zero attached hydrogens (tertiary/aromatic N) is 3. The summed E-state index contributed by atoms with van der Waals surface area (Å²) < 4.78 is 12.4. The quantitative estimate of drug-likeness (QED) is 0.918. The molecule has 0 aliphatic carbocycles. The lowest BCUT2D eigenvalue weighted by Crippen LogP contribution is -2.09. The minimum atomic E-state index is 0.213. The van der Waals surface area contributed by atoms with Crippen LogP contribution in [0.15, 0.2) is 12.1 Å². The van der Waals surface area contributed by atoms with Gasteiger partial charge in [0.05, 0.1) is 24.9 Å². The molecule has 114 valence electrons. The molecule has 1 aromatic carbocycles. The molecule has 7 heteroatoms. The standard InChI is InChI=1S/C14H19ClN4O2/c1-8(2)14-10(7-16)17-18-19(14)11-6-12(20-3)9(15)5-13(11)21-4/h5-6,8H,7,16H2,1-4H3. The Labute approximate surface area is 128 Å². The Morgan fingerprint density at radius 1 is 1.24 bits per heavy atom. The van der Waals surface area contributed by atoms with E-state index in [9.17, 15) is 0 Å². The molecule has 0 fully saturated rings. The molecule has 0 radical (unpaired) electrons. The van der Waals surface area contributed by atoms with Gasteiger partial charge in [0, 0.05) is 18.7 Å². The van der Waals surface area contributed by atoms with Crippen LogP contribution in [-0.4, -0.2) is 29.2 Å². The summed E-state index contributed by atoms with van der Waals surface area (Å²) in [6, 6.07) is 3.48. The van der Waals surface area contributed by atoms with Crippen LogP contribution >= 0.6 is 11.6 Å². The Morgan fingerprint density at radius 3 is 2.43 bits per heavy atom. The van der Waals surface area contributed by atoms with Crippen LogP contribution < -0.4 is 15.2 Å². The van der Waals surface area contributed by atoms with E-state index in [0.29, 0.717) is 23.1 Å². The van der Waals surface area contributed by atoms with Gasteiger partial charge >= 0.3 is 0 Å². The van der Waals surface area contributed by atoms with Crippen LogP contribution in [0.1, 0.15) is 31.2 Å². The fourth-order valence-corrected chi connectivity index (χ4v) is 2.46. The third-order valence-electron chi connectivity index (χ3n) is 3.20. The van der Waals surface area contributed by atoms with Crippen molar-refractivity contribution in [2.24, 2.45) is 5.73 Å². The summed E-state index contributed by atoms with van der Waals surface area (Å²) in [5.41, 5.74) is 8.16. The second-order valence-electron chi connectivity index (χ2n) is 4.85. The lowest BCUT2D eigenvalue weighted by molar-refractivity contribution is 0.400. The number of rotatable bonds is 5. The van der Waals surface area contributed by atoms with E-state index >= 15 is 0 Å². The first-order valence-electron chi connectivity index (χ1n) is 6.59. The van der Waals surface area contributed by atoms with Crippen molar-refractivity contribution in [1.82, 2.24) is 15.0 Å². The maximum Gasteiger partial charge on any atom is 0.146 e. The third-order valence-corrected chi connectivity index (χ3v) is 3.50. The number of halogens is 1. The molecule has 0 bridgehead atoms. The number of nitrogens with two attached hydrogens (primary N) is 1. The summed E-state index contributed by atoms with van der Waals surface area (Å²) in [6.45, 7) is 4.46. The molecule has 0 amide bonds. The number of methoxy groups -OCH3 is 2. The highest BCUT2D eigenvalue weighted by Gasteiger charge is 2.20. The second kappa shape index (κ2) is 6.32. The molecular weight excluding hydrogens is 292 g/mol. The number of hydrogen-bond donors (Lipinski definition) is 1. The zero-order valence-corrected chi connectivity index (χ0v) is 13.3. The first-order valence-corrected chi connectivity index (χ1v) is 6.97. The molecule has 0 unspecified atom stereocenters. The van der Waals surface area contributed by atoms with Gasteiger partial charge in [0.2, 0.25) is 0 Å². The second-order valence-corrected chi connectivity index (χ2v) is 5.26. The van der Waals surface area contributed by atoms with E-state index in [4.69, 9.17) is 26.8 Å². The summed E-state index contributed by atoms with van der Waals surface area (Å²) in [6.07, 6.45) is 0. The summed E-state index contributed by atoms with van der Waals surface area (Å²) in [5, 5.41) is 8.82. The van der Waals surface area contributed by atoms with Crippen LogP contribution in [0.2, 0.25) is 5.02 Å². The van der Waals surface area contributed by atoms with Crippen LogP contribution in [0.25, 0.3) is 5.69 Å². The highest BCUT2D eigenvalue weighted by Crippen LogP contribution is 2.36. The van der Waals surface area contributed by atoms with Crippen molar-refractivity contribution in [1.29, 1.82) is 0 Å². The van der Waals surface area contributed by atoms with Gasteiger partial charge in [0.25, 0.3) is 0 Å². The molecule has 2 rings (SSSR count). The third kappa shape index (κ3) is 2.82. The molecule has 1 heterocycles. The average molecular weight is 311 g/mol. The maximum absolute atomic E-state index is 6.13. The Bertz CT molecular complexity index is 640. The molecule has 0 saturated carbocycles. The summed E-state index contributed by atoms with van der Waals surface area (Å²) in [7, 11) is 3.14. The molecule has 0 saturated heterocycles. The lowest BCUT2D eigenvalue weighted by atomic mass is 10.1. The predicted octanol–water partition coefficient (Wildman–Crippen LogP) is 2.52. The van der Waals surface area contributed by atoms with E-state index in [1.165, 1.54) is 0 Å².